The molecular formula is C17H16N4O2S. The molecule has 3 heterocycles. The van der Waals surface area contributed by atoms with Crippen molar-refractivity contribution in [2.24, 2.45) is 0 Å². The Balaban J connectivity index is 1.89. The monoisotopic (exact) mass is 340 g/mol. The third kappa shape index (κ3) is 2.20. The lowest BCUT2D eigenvalue weighted by molar-refractivity contribution is -0.119. The summed E-state index contributed by atoms with van der Waals surface area (Å²) >= 11 is 1.66. The first-order valence-electron chi connectivity index (χ1n) is 7.69. The van der Waals surface area contributed by atoms with Crippen LogP contribution in [0, 0.1) is 0 Å². The molecule has 0 saturated carbocycles. The fourth-order valence-corrected chi connectivity index (χ4v) is 3.99. The van der Waals surface area contributed by atoms with E-state index in [9.17, 15) is 9.59 Å². The highest BCUT2D eigenvalue weighted by molar-refractivity contribution is 7.17. The predicted molar refractivity (Wildman–Crippen MR) is 94.8 cm³/mol. The molecule has 0 fully saturated rings. The van der Waals surface area contributed by atoms with E-state index in [0.717, 1.165) is 16.6 Å². The Morgan fingerprint density at radius 3 is 2.67 bits per heavy atom. The third-order valence-electron chi connectivity index (χ3n) is 4.21. The smallest absolute Gasteiger partial charge is 0.238 e. The maximum absolute atomic E-state index is 11.9. The van der Waals surface area contributed by atoms with Gasteiger partial charge in [0.1, 0.15) is 0 Å². The summed E-state index contributed by atoms with van der Waals surface area (Å²) in [6.45, 7) is 3.95. The number of hydrogen-bond acceptors (Lipinski definition) is 4. The molecule has 2 amide bonds. The van der Waals surface area contributed by atoms with Gasteiger partial charge in [-0.1, -0.05) is 18.2 Å². The zero-order valence-electron chi connectivity index (χ0n) is 13.4. The number of thiophene rings is 1. The highest BCUT2D eigenvalue weighted by atomic mass is 32.1. The molecule has 2 aromatic heterocycles. The number of imidazole rings is 1. The van der Waals surface area contributed by atoms with Gasteiger partial charge in [-0.05, 0) is 6.07 Å². The third-order valence-corrected chi connectivity index (χ3v) is 5.17. The summed E-state index contributed by atoms with van der Waals surface area (Å²) in [4.78, 5) is 30.1. The van der Waals surface area contributed by atoms with Gasteiger partial charge in [0.25, 0.3) is 0 Å². The summed E-state index contributed by atoms with van der Waals surface area (Å²) in [5, 5.41) is 4.80. The van der Waals surface area contributed by atoms with Crippen LogP contribution < -0.4 is 9.91 Å². The lowest BCUT2D eigenvalue weighted by Crippen LogP contribution is -2.51. The first kappa shape index (κ1) is 14.9. The van der Waals surface area contributed by atoms with Gasteiger partial charge in [0, 0.05) is 41.4 Å². The fraction of sp³-hybridized carbons (Fsp3) is 0.235. The first-order chi connectivity index (χ1) is 11.6. The second kappa shape index (κ2) is 5.45. The minimum absolute atomic E-state index is 0.0708. The van der Waals surface area contributed by atoms with Crippen molar-refractivity contribution in [3.05, 3.63) is 35.8 Å². The Labute approximate surface area is 142 Å². The number of anilines is 1. The molecule has 3 aromatic rings. The number of nitrogens with zero attached hydrogens (tertiary/aromatic N) is 4. The van der Waals surface area contributed by atoms with E-state index in [1.165, 1.54) is 18.5 Å². The van der Waals surface area contributed by atoms with Gasteiger partial charge >= 0.3 is 0 Å². The van der Waals surface area contributed by atoms with Crippen LogP contribution in [0.4, 0.5) is 5.95 Å². The quantitative estimate of drug-likeness (QED) is 0.684. The topological polar surface area (TPSA) is 58.4 Å². The summed E-state index contributed by atoms with van der Waals surface area (Å²) in [6, 6.07) is 8.14. The molecule has 4 rings (SSSR count). The van der Waals surface area contributed by atoms with Gasteiger partial charge in [0.05, 0.1) is 18.4 Å². The second-order valence-corrected chi connectivity index (χ2v) is 6.64. The number of amides is 2. The summed E-state index contributed by atoms with van der Waals surface area (Å²) in [5.74, 6) is 0.347. The molecule has 24 heavy (non-hydrogen) atoms. The van der Waals surface area contributed by atoms with Gasteiger partial charge in [0.2, 0.25) is 17.8 Å². The normalized spacial score (nSPS) is 14.1. The van der Waals surface area contributed by atoms with E-state index in [2.05, 4.69) is 22.5 Å². The van der Waals surface area contributed by atoms with E-state index in [-0.39, 0.29) is 11.8 Å². The number of fused-ring (bicyclic) bond motifs is 2. The average molecular weight is 340 g/mol. The van der Waals surface area contributed by atoms with Crippen molar-refractivity contribution < 1.29 is 9.59 Å². The summed E-state index contributed by atoms with van der Waals surface area (Å²) < 4.78 is 2.87. The largest absolute Gasteiger partial charge is 0.279 e. The Bertz CT molecular complexity index is 919. The van der Waals surface area contributed by atoms with Gasteiger partial charge in [-0.25, -0.2) is 14.7 Å². The molecule has 7 heteroatoms. The molecule has 0 atom stereocenters. The van der Waals surface area contributed by atoms with Crippen molar-refractivity contribution in [3.63, 3.8) is 0 Å². The molecular weight excluding hydrogens is 324 g/mol. The summed E-state index contributed by atoms with van der Waals surface area (Å²) in [5.41, 5.74) is 1.78. The minimum Gasteiger partial charge on any atom is -0.279 e. The van der Waals surface area contributed by atoms with E-state index < -0.39 is 0 Å². The van der Waals surface area contributed by atoms with E-state index in [1.807, 2.05) is 18.3 Å². The Morgan fingerprint density at radius 1 is 1.12 bits per heavy atom. The van der Waals surface area contributed by atoms with Gasteiger partial charge in [-0.2, -0.15) is 0 Å². The van der Waals surface area contributed by atoms with Crippen LogP contribution in [0.3, 0.4) is 0 Å². The number of rotatable bonds is 1. The van der Waals surface area contributed by atoms with Crippen LogP contribution in [0.25, 0.3) is 21.3 Å². The maximum Gasteiger partial charge on any atom is 0.238 e. The van der Waals surface area contributed by atoms with Gasteiger partial charge in [-0.3, -0.25) is 14.5 Å². The maximum atomic E-state index is 11.9. The standard InChI is InChI=1S/C17H16N4O2S/c1-11(22)19-7-8-20(12(2)23)21-9-15(18-17(19)21)14-10-24-16-6-4-3-5-13(14)16/h3-6,9-10H,7-8H2,1-2H3. The lowest BCUT2D eigenvalue weighted by Gasteiger charge is -2.33. The van der Waals surface area contributed by atoms with Crippen molar-refractivity contribution in [2.75, 3.05) is 23.0 Å². The Kier molecular flexibility index (Phi) is 3.38. The van der Waals surface area contributed by atoms with Gasteiger partial charge in [-0.15, -0.1) is 11.3 Å². The summed E-state index contributed by atoms with van der Waals surface area (Å²) in [7, 11) is 0. The molecule has 0 spiro atoms. The van der Waals surface area contributed by atoms with Crippen LogP contribution in [0.5, 0.6) is 0 Å². The Morgan fingerprint density at radius 2 is 1.92 bits per heavy atom. The van der Waals surface area contributed by atoms with Crippen LogP contribution >= 0.6 is 11.3 Å². The molecule has 1 aliphatic heterocycles. The predicted octanol–water partition coefficient (Wildman–Crippen LogP) is 2.62. The van der Waals surface area contributed by atoms with Crippen LogP contribution in [0.1, 0.15) is 13.8 Å². The molecule has 122 valence electrons. The van der Waals surface area contributed by atoms with E-state index in [1.54, 1.807) is 25.9 Å². The number of benzene rings is 1. The van der Waals surface area contributed by atoms with Crippen LogP contribution in [0.2, 0.25) is 0 Å². The second-order valence-electron chi connectivity index (χ2n) is 5.73. The number of aromatic nitrogens is 2. The van der Waals surface area contributed by atoms with Crippen LogP contribution in [-0.4, -0.2) is 34.6 Å². The highest BCUT2D eigenvalue weighted by Gasteiger charge is 2.29. The van der Waals surface area contributed by atoms with E-state index >= 15 is 0 Å². The molecule has 0 bridgehead atoms. The Hall–Kier alpha value is -2.67. The van der Waals surface area contributed by atoms with Gasteiger partial charge < -0.3 is 0 Å². The molecule has 0 radical (unpaired) electrons. The van der Waals surface area contributed by atoms with Crippen LogP contribution in [0.15, 0.2) is 35.8 Å². The van der Waals surface area contributed by atoms with Crippen molar-refractivity contribution in [1.29, 1.82) is 0 Å². The number of carbonyl (C=O) groups excluding carboxylic acids is 2. The SMILES string of the molecule is CC(=O)N1CCN(C(C)=O)n2cc(-c3csc4ccccc34)nc21. The summed E-state index contributed by atoms with van der Waals surface area (Å²) in [6.07, 6.45) is 1.83. The van der Waals surface area contributed by atoms with Crippen molar-refractivity contribution in [3.8, 4) is 11.3 Å². The average Bonchev–Trinajstić information content (AvgIpc) is 3.17. The lowest BCUT2D eigenvalue weighted by atomic mass is 10.1. The number of carbonyl (C=O) groups is 2. The van der Waals surface area contributed by atoms with Crippen LogP contribution in [-0.2, 0) is 9.59 Å². The molecule has 0 aliphatic carbocycles. The zero-order chi connectivity index (χ0) is 16.8. The molecule has 0 unspecified atom stereocenters. The molecule has 0 saturated heterocycles. The molecule has 1 aromatic carbocycles. The van der Waals surface area contributed by atoms with E-state index in [0.29, 0.717) is 19.0 Å². The molecule has 1 aliphatic rings. The van der Waals surface area contributed by atoms with Crippen molar-refractivity contribution in [1.82, 2.24) is 9.66 Å². The number of hydrogen-bond donors (Lipinski definition) is 0. The van der Waals surface area contributed by atoms with Crippen molar-refractivity contribution >= 4 is 39.2 Å². The first-order valence-corrected chi connectivity index (χ1v) is 8.56. The van der Waals surface area contributed by atoms with E-state index in [4.69, 9.17) is 0 Å². The minimum atomic E-state index is -0.0771. The fourth-order valence-electron chi connectivity index (χ4n) is 3.04. The molecule has 0 N–H and O–H groups in total. The van der Waals surface area contributed by atoms with Gasteiger partial charge in [0.15, 0.2) is 0 Å². The van der Waals surface area contributed by atoms with Crippen molar-refractivity contribution in [2.45, 2.75) is 13.8 Å². The highest BCUT2D eigenvalue weighted by Crippen LogP contribution is 2.35. The zero-order valence-corrected chi connectivity index (χ0v) is 14.2. The molecule has 6 nitrogen and oxygen atoms in total.